The average molecular weight is 720 g/mol. The number of ether oxygens (including phenoxy) is 3. The summed E-state index contributed by atoms with van der Waals surface area (Å²) in [6.07, 6.45) is -11.5. The van der Waals surface area contributed by atoms with Crippen LogP contribution in [0.1, 0.15) is 56.4 Å². The molecule has 0 spiro atoms. The van der Waals surface area contributed by atoms with E-state index in [4.69, 9.17) is 19.2 Å². The summed E-state index contributed by atoms with van der Waals surface area (Å²) in [6.45, 7) is 4.75. The Labute approximate surface area is 287 Å². The fourth-order valence-electron chi connectivity index (χ4n) is 6.10. The van der Waals surface area contributed by atoms with Crippen molar-refractivity contribution >= 4 is 29.2 Å². The number of aryl methyl sites for hydroxylation is 1. The summed E-state index contributed by atoms with van der Waals surface area (Å²) in [5.41, 5.74) is -0.264. The number of alkyl halides is 6. The van der Waals surface area contributed by atoms with E-state index in [1.165, 1.54) is 37.4 Å². The molecular weight excluding hydrogens is 688 g/mol. The average Bonchev–Trinajstić information content (AvgIpc) is 3.57. The molecule has 0 aliphatic carbocycles. The maximum absolute atomic E-state index is 13.6. The van der Waals surface area contributed by atoms with Crippen LogP contribution in [-0.4, -0.2) is 55.3 Å². The Hall–Kier alpha value is -4.79. The molecule has 6 rings (SSSR count). The number of carbonyl (C=O) groups is 2. The second-order valence-corrected chi connectivity index (χ2v) is 13.3. The molecule has 15 heteroatoms. The Bertz CT molecular complexity index is 1920. The number of pyridine rings is 1. The summed E-state index contributed by atoms with van der Waals surface area (Å²) < 4.78 is 97.9. The number of rotatable bonds is 8. The van der Waals surface area contributed by atoms with E-state index in [1.54, 1.807) is 12.1 Å². The van der Waals surface area contributed by atoms with Gasteiger partial charge in [-0.1, -0.05) is 6.07 Å². The van der Waals surface area contributed by atoms with Gasteiger partial charge in [-0.3, -0.25) is 4.90 Å². The SMILES string of the molecule is COC(=O)c1cc(-c2ccc(OC)c(-c3ccc(N4CCC4)nc3CN3C(=O)O[C@H](c4cc(C(F)(F)F)cc(C(F)(F)F)c4)[C@@H]3C)c2)c(C)s1. The predicted molar refractivity (Wildman–Crippen MR) is 173 cm³/mol. The second-order valence-electron chi connectivity index (χ2n) is 12.0. The van der Waals surface area contributed by atoms with Crippen molar-refractivity contribution in [1.29, 1.82) is 0 Å². The van der Waals surface area contributed by atoms with Crippen LogP contribution in [0.25, 0.3) is 22.3 Å². The van der Waals surface area contributed by atoms with Crippen molar-refractivity contribution in [3.63, 3.8) is 0 Å². The molecule has 2 fully saturated rings. The van der Waals surface area contributed by atoms with Gasteiger partial charge in [0.1, 0.15) is 22.5 Å². The molecule has 2 saturated heterocycles. The zero-order valence-electron chi connectivity index (χ0n) is 27.2. The van der Waals surface area contributed by atoms with Gasteiger partial charge in [0.05, 0.1) is 43.6 Å². The van der Waals surface area contributed by atoms with E-state index in [1.807, 2.05) is 36.1 Å². The van der Waals surface area contributed by atoms with Gasteiger partial charge < -0.3 is 19.1 Å². The number of thiophene rings is 1. The molecule has 4 heterocycles. The van der Waals surface area contributed by atoms with Crippen molar-refractivity contribution in [2.24, 2.45) is 0 Å². The molecule has 50 heavy (non-hydrogen) atoms. The molecule has 2 aliphatic heterocycles. The summed E-state index contributed by atoms with van der Waals surface area (Å²) >= 11 is 1.29. The first-order valence-electron chi connectivity index (χ1n) is 15.5. The zero-order chi connectivity index (χ0) is 36.1. The van der Waals surface area contributed by atoms with Crippen LogP contribution in [-0.2, 0) is 28.4 Å². The number of amides is 1. The number of methoxy groups -OCH3 is 2. The normalized spacial score (nSPS) is 17.8. The third-order valence-electron chi connectivity index (χ3n) is 8.90. The first kappa shape index (κ1) is 35.1. The minimum absolute atomic E-state index is 0.0372. The smallest absolute Gasteiger partial charge is 0.416 e. The van der Waals surface area contributed by atoms with E-state index in [-0.39, 0.29) is 12.6 Å². The Balaban J connectivity index is 1.40. The van der Waals surface area contributed by atoms with Crippen molar-refractivity contribution in [3.8, 4) is 28.0 Å². The van der Waals surface area contributed by atoms with Gasteiger partial charge in [-0.15, -0.1) is 11.3 Å². The minimum Gasteiger partial charge on any atom is -0.496 e. The van der Waals surface area contributed by atoms with Crippen LogP contribution < -0.4 is 9.64 Å². The Morgan fingerprint density at radius 3 is 2.20 bits per heavy atom. The highest BCUT2D eigenvalue weighted by Crippen LogP contribution is 2.43. The number of nitrogens with zero attached hydrogens (tertiary/aromatic N) is 3. The predicted octanol–water partition coefficient (Wildman–Crippen LogP) is 8.91. The fourth-order valence-corrected chi connectivity index (χ4v) is 7.06. The van der Waals surface area contributed by atoms with Crippen LogP contribution >= 0.6 is 11.3 Å². The molecule has 2 aromatic heterocycles. The van der Waals surface area contributed by atoms with Gasteiger partial charge in [-0.25, -0.2) is 14.6 Å². The lowest BCUT2D eigenvalue weighted by molar-refractivity contribution is -0.143. The molecule has 2 aromatic carbocycles. The third kappa shape index (κ3) is 6.70. The molecule has 1 amide bonds. The van der Waals surface area contributed by atoms with E-state index in [0.29, 0.717) is 45.4 Å². The molecule has 0 radical (unpaired) electrons. The highest BCUT2D eigenvalue weighted by Gasteiger charge is 2.43. The lowest BCUT2D eigenvalue weighted by atomic mass is 9.96. The van der Waals surface area contributed by atoms with Crippen molar-refractivity contribution < 1.29 is 50.1 Å². The van der Waals surface area contributed by atoms with Crippen LogP contribution in [0.5, 0.6) is 5.75 Å². The number of hydrogen-bond donors (Lipinski definition) is 0. The van der Waals surface area contributed by atoms with Crippen molar-refractivity contribution in [1.82, 2.24) is 9.88 Å². The first-order valence-corrected chi connectivity index (χ1v) is 16.3. The molecule has 8 nitrogen and oxygen atoms in total. The number of benzene rings is 2. The largest absolute Gasteiger partial charge is 0.496 e. The van der Waals surface area contributed by atoms with Gasteiger partial charge in [0.2, 0.25) is 0 Å². The van der Waals surface area contributed by atoms with Gasteiger partial charge in [0, 0.05) is 29.1 Å². The Kier molecular flexibility index (Phi) is 9.22. The molecule has 0 bridgehead atoms. The number of cyclic esters (lactones) is 1. The monoisotopic (exact) mass is 719 g/mol. The van der Waals surface area contributed by atoms with Gasteiger partial charge >= 0.3 is 24.4 Å². The number of halogens is 6. The van der Waals surface area contributed by atoms with Crippen molar-refractivity contribution in [3.05, 3.63) is 86.7 Å². The van der Waals surface area contributed by atoms with Crippen LogP contribution in [0.4, 0.5) is 37.0 Å². The van der Waals surface area contributed by atoms with Crippen LogP contribution in [0.15, 0.2) is 54.6 Å². The summed E-state index contributed by atoms with van der Waals surface area (Å²) in [5, 5.41) is 0. The summed E-state index contributed by atoms with van der Waals surface area (Å²) in [7, 11) is 2.81. The summed E-state index contributed by atoms with van der Waals surface area (Å²) in [6, 6.07) is 11.1. The van der Waals surface area contributed by atoms with E-state index in [9.17, 15) is 35.9 Å². The van der Waals surface area contributed by atoms with E-state index < -0.39 is 53.3 Å². The first-order chi connectivity index (χ1) is 23.6. The van der Waals surface area contributed by atoms with Crippen LogP contribution in [0.2, 0.25) is 0 Å². The molecule has 2 aliphatic rings. The number of carbonyl (C=O) groups excluding carboxylic acids is 2. The summed E-state index contributed by atoms with van der Waals surface area (Å²) in [5.74, 6) is 0.662. The quantitative estimate of drug-likeness (QED) is 0.133. The topological polar surface area (TPSA) is 81.2 Å². The van der Waals surface area contributed by atoms with Crippen molar-refractivity contribution in [2.75, 3.05) is 32.2 Å². The van der Waals surface area contributed by atoms with E-state index in [2.05, 4.69) is 0 Å². The zero-order valence-corrected chi connectivity index (χ0v) is 28.1. The van der Waals surface area contributed by atoms with E-state index in [0.717, 1.165) is 35.5 Å². The van der Waals surface area contributed by atoms with E-state index >= 15 is 0 Å². The van der Waals surface area contributed by atoms with Crippen molar-refractivity contribution in [2.45, 2.75) is 51.3 Å². The van der Waals surface area contributed by atoms with Crippen LogP contribution in [0.3, 0.4) is 0 Å². The molecule has 264 valence electrons. The molecular formula is C35H31F6N3O5S. The third-order valence-corrected chi connectivity index (χ3v) is 9.93. The van der Waals surface area contributed by atoms with Gasteiger partial charge in [0.25, 0.3) is 0 Å². The molecule has 0 saturated carbocycles. The van der Waals surface area contributed by atoms with Gasteiger partial charge in [0.15, 0.2) is 0 Å². The minimum atomic E-state index is -5.06. The number of aromatic nitrogens is 1. The molecule has 4 aromatic rings. The Morgan fingerprint density at radius 2 is 1.62 bits per heavy atom. The maximum atomic E-state index is 13.6. The standard InChI is InChI=1S/C35H31F6N3O5S/c1-18-31(21-12-22(34(36,37)38)15-23(13-21)35(39,40)41)49-33(46)44(18)17-27-24(7-9-30(42-27)43-10-5-11-43)26-14-20(6-8-28(26)47-3)25-16-29(32(45)48-4)50-19(25)2/h6-9,12-16,18,31H,5,10-11,17H2,1-4H3/t18-,31-/m0/s1. The van der Waals surface area contributed by atoms with Crippen LogP contribution in [0, 0.1) is 6.92 Å². The number of hydrogen-bond acceptors (Lipinski definition) is 8. The maximum Gasteiger partial charge on any atom is 0.416 e. The van der Waals surface area contributed by atoms with Gasteiger partial charge in [-0.05, 0) is 85.5 Å². The number of esters is 1. The lowest BCUT2D eigenvalue weighted by Gasteiger charge is -2.33. The Morgan fingerprint density at radius 1 is 0.940 bits per heavy atom. The van der Waals surface area contributed by atoms with Gasteiger partial charge in [-0.2, -0.15) is 26.3 Å². The highest BCUT2D eigenvalue weighted by molar-refractivity contribution is 7.14. The fraction of sp³-hybridized carbons (Fsp3) is 0.343. The molecule has 2 atom stereocenters. The molecule has 0 unspecified atom stereocenters. The lowest BCUT2D eigenvalue weighted by Crippen LogP contribution is -2.38. The second kappa shape index (κ2) is 13.2. The summed E-state index contributed by atoms with van der Waals surface area (Å²) in [4.78, 5) is 35.0. The number of anilines is 1. The molecule has 0 N–H and O–H groups in total. The highest BCUT2D eigenvalue weighted by atomic mass is 32.1.